The third-order valence-corrected chi connectivity index (χ3v) is 22.3. The van der Waals surface area contributed by atoms with E-state index in [2.05, 4.69) is 182 Å². The first-order valence-corrected chi connectivity index (χ1v) is 19.2. The van der Waals surface area contributed by atoms with Crippen LogP contribution in [0.2, 0.25) is 0 Å². The van der Waals surface area contributed by atoms with Gasteiger partial charge in [-0.2, -0.15) is 0 Å². The Balaban J connectivity index is 1.69. The summed E-state index contributed by atoms with van der Waals surface area (Å²) < 4.78 is 0. The fourth-order valence-electron chi connectivity index (χ4n) is 5.37. The predicted molar refractivity (Wildman–Crippen MR) is 182 cm³/mol. The van der Waals surface area contributed by atoms with Gasteiger partial charge in [0.2, 0.25) is 0 Å². The van der Waals surface area contributed by atoms with Gasteiger partial charge in [0.15, 0.2) is 0 Å². The molecular formula is C37H32P3+. The topological polar surface area (TPSA) is 0 Å². The number of benzene rings is 6. The Bertz CT molecular complexity index is 1470. The Kier molecular flexibility index (Phi) is 8.62. The van der Waals surface area contributed by atoms with Crippen LogP contribution in [0.5, 0.6) is 0 Å². The van der Waals surface area contributed by atoms with Crippen LogP contribution in [-0.2, 0) is 0 Å². The van der Waals surface area contributed by atoms with E-state index in [4.69, 9.17) is 0 Å². The maximum absolute atomic E-state index is 2.41. The standard InChI is InChI=1S/C37H32P3/c1-7-19-32(20-8-1)38(33-21-9-2-10-22-33)31-40(36-27-15-5-16-28-36,37-29-17-6-18-30-37)39(34-23-11-3-12-24-34)35-25-13-4-14-26-35/h1-30H,31H2/q+1. The summed E-state index contributed by atoms with van der Waals surface area (Å²) in [4.78, 5) is 0. The molecule has 0 N–H and O–H groups in total. The lowest BCUT2D eigenvalue weighted by Crippen LogP contribution is -2.31. The van der Waals surface area contributed by atoms with Crippen LogP contribution in [0.1, 0.15) is 0 Å². The van der Waals surface area contributed by atoms with Crippen LogP contribution in [0.4, 0.5) is 0 Å². The van der Waals surface area contributed by atoms with Gasteiger partial charge in [0.1, 0.15) is 25.2 Å². The molecule has 0 heterocycles. The molecule has 0 spiro atoms. The zero-order valence-corrected chi connectivity index (χ0v) is 25.1. The molecular weight excluding hydrogens is 537 g/mol. The van der Waals surface area contributed by atoms with Gasteiger partial charge >= 0.3 is 0 Å². The summed E-state index contributed by atoms with van der Waals surface area (Å²) in [6.07, 6.45) is 0. The van der Waals surface area contributed by atoms with E-state index in [-0.39, 0.29) is 0 Å². The molecule has 0 saturated heterocycles. The Labute approximate surface area is 241 Å². The van der Waals surface area contributed by atoms with Gasteiger partial charge < -0.3 is 0 Å². The van der Waals surface area contributed by atoms with E-state index in [1.165, 1.54) is 31.8 Å². The average molecular weight is 570 g/mol. The van der Waals surface area contributed by atoms with Crippen molar-refractivity contribution < 1.29 is 0 Å². The van der Waals surface area contributed by atoms with Crippen LogP contribution in [0.15, 0.2) is 182 Å². The smallest absolute Gasteiger partial charge is 0.0622 e. The molecule has 0 nitrogen and oxygen atoms in total. The first kappa shape index (κ1) is 26.8. The van der Waals surface area contributed by atoms with E-state index in [1.807, 2.05) is 0 Å². The van der Waals surface area contributed by atoms with Crippen LogP contribution in [0.3, 0.4) is 0 Å². The van der Waals surface area contributed by atoms with Crippen molar-refractivity contribution in [1.29, 1.82) is 0 Å². The van der Waals surface area contributed by atoms with Crippen LogP contribution < -0.4 is 31.8 Å². The van der Waals surface area contributed by atoms with Crippen molar-refractivity contribution in [1.82, 2.24) is 0 Å². The maximum atomic E-state index is 2.41. The lowest BCUT2D eigenvalue weighted by molar-refractivity contribution is 1.72. The third kappa shape index (κ3) is 5.59. The first-order valence-electron chi connectivity index (χ1n) is 13.6. The minimum atomic E-state index is -2.05. The van der Waals surface area contributed by atoms with E-state index in [9.17, 15) is 0 Å². The summed E-state index contributed by atoms with van der Waals surface area (Å²) >= 11 is 0. The van der Waals surface area contributed by atoms with Gasteiger partial charge in [0.05, 0.1) is 5.90 Å². The van der Waals surface area contributed by atoms with Crippen LogP contribution in [-0.4, -0.2) is 5.90 Å². The van der Waals surface area contributed by atoms with Gasteiger partial charge in [0, 0.05) is 10.6 Å². The Morgan fingerprint density at radius 1 is 0.325 bits per heavy atom. The van der Waals surface area contributed by atoms with E-state index < -0.39 is 22.5 Å². The molecule has 0 amide bonds. The van der Waals surface area contributed by atoms with Crippen LogP contribution in [0, 0.1) is 0 Å². The molecule has 0 atom stereocenters. The molecule has 0 fully saturated rings. The fourth-order valence-corrected chi connectivity index (χ4v) is 23.2. The highest BCUT2D eigenvalue weighted by Crippen LogP contribution is 2.83. The SMILES string of the molecule is c1ccc(P(C[P+](c2ccccc2)(c2ccccc2)P(c2ccccc2)c2ccccc2)c2ccccc2)cc1. The minimum absolute atomic E-state index is 0.634. The molecule has 194 valence electrons. The number of rotatable bonds is 9. The van der Waals surface area contributed by atoms with E-state index in [1.54, 1.807) is 0 Å². The molecule has 6 aromatic rings. The average Bonchev–Trinajstić information content (AvgIpc) is 3.05. The Morgan fingerprint density at radius 2 is 0.600 bits per heavy atom. The molecule has 40 heavy (non-hydrogen) atoms. The molecule has 0 aromatic heterocycles. The molecule has 0 saturated carbocycles. The summed E-state index contributed by atoms with van der Waals surface area (Å²) in [6, 6.07) is 68.0. The van der Waals surface area contributed by atoms with Crippen molar-refractivity contribution in [2.45, 2.75) is 0 Å². The molecule has 3 heteroatoms. The summed E-state index contributed by atoms with van der Waals surface area (Å²) in [7, 11) is -1.37. The highest BCUT2D eigenvalue weighted by atomic mass is 32.1. The van der Waals surface area contributed by atoms with Crippen molar-refractivity contribution in [2.24, 2.45) is 0 Å². The second-order valence-electron chi connectivity index (χ2n) is 9.66. The Morgan fingerprint density at radius 3 is 0.925 bits per heavy atom. The lowest BCUT2D eigenvalue weighted by atomic mass is 10.4. The maximum Gasteiger partial charge on any atom is 0.129 e. The summed E-state index contributed by atoms with van der Waals surface area (Å²) in [5, 5.41) is 8.74. The zero-order valence-electron chi connectivity index (χ0n) is 22.4. The minimum Gasteiger partial charge on any atom is -0.0622 e. The van der Waals surface area contributed by atoms with Crippen molar-refractivity contribution in [2.75, 3.05) is 5.90 Å². The van der Waals surface area contributed by atoms with Gasteiger partial charge in [-0.15, -0.1) is 0 Å². The lowest BCUT2D eigenvalue weighted by Gasteiger charge is -2.37. The summed E-state index contributed by atoms with van der Waals surface area (Å²) in [5.41, 5.74) is 0. The third-order valence-electron chi connectivity index (χ3n) is 7.19. The van der Waals surface area contributed by atoms with Crippen LogP contribution in [0.25, 0.3) is 0 Å². The monoisotopic (exact) mass is 569 g/mol. The summed E-state index contributed by atoms with van der Waals surface area (Å²) in [6.45, 7) is -2.05. The van der Waals surface area contributed by atoms with Crippen LogP contribution >= 0.6 is 22.5 Å². The fraction of sp³-hybridized carbons (Fsp3) is 0.0270. The number of hydrogen-bond donors (Lipinski definition) is 0. The van der Waals surface area contributed by atoms with E-state index >= 15 is 0 Å². The van der Waals surface area contributed by atoms with Gasteiger partial charge in [-0.3, -0.25) is 0 Å². The first-order chi connectivity index (χ1) is 19.9. The molecule has 0 bridgehead atoms. The second-order valence-corrected chi connectivity index (χ2v) is 20.2. The van der Waals surface area contributed by atoms with Crippen molar-refractivity contribution in [3.8, 4) is 0 Å². The molecule has 0 aliphatic rings. The molecule has 0 radical (unpaired) electrons. The molecule has 6 aromatic carbocycles. The molecule has 0 aliphatic heterocycles. The van der Waals surface area contributed by atoms with Gasteiger partial charge in [-0.25, -0.2) is 0 Å². The molecule has 0 aliphatic carbocycles. The molecule has 0 unspecified atom stereocenters. The Hall–Kier alpha value is -3.39. The van der Waals surface area contributed by atoms with Crippen molar-refractivity contribution >= 4 is 54.3 Å². The highest BCUT2D eigenvalue weighted by Gasteiger charge is 2.54. The van der Waals surface area contributed by atoms with E-state index in [0.29, 0.717) is 0 Å². The van der Waals surface area contributed by atoms with Crippen molar-refractivity contribution in [3.63, 3.8) is 0 Å². The van der Waals surface area contributed by atoms with E-state index in [0.717, 1.165) is 5.90 Å². The molecule has 6 rings (SSSR count). The second kappa shape index (κ2) is 12.9. The predicted octanol–water partition coefficient (Wildman–Crippen LogP) is 7.79. The normalized spacial score (nSPS) is 11.6. The van der Waals surface area contributed by atoms with Gasteiger partial charge in [-0.1, -0.05) is 158 Å². The number of hydrogen-bond acceptors (Lipinski definition) is 0. The van der Waals surface area contributed by atoms with Gasteiger partial charge in [-0.05, 0) is 42.8 Å². The van der Waals surface area contributed by atoms with Crippen molar-refractivity contribution in [3.05, 3.63) is 182 Å². The zero-order chi connectivity index (χ0) is 27.0. The summed E-state index contributed by atoms with van der Waals surface area (Å²) in [5.74, 6) is 1.11. The largest absolute Gasteiger partial charge is 0.129 e. The van der Waals surface area contributed by atoms with Gasteiger partial charge in [0.25, 0.3) is 0 Å². The quantitative estimate of drug-likeness (QED) is 0.156. The highest BCUT2D eigenvalue weighted by molar-refractivity contribution is 8.51.